The number of ether oxygens (including phenoxy) is 2. The lowest BCUT2D eigenvalue weighted by Crippen LogP contribution is -2.36. The maximum Gasteiger partial charge on any atom is 0.139 e. The minimum Gasteiger partial charge on any atom is -0.377 e. The van der Waals surface area contributed by atoms with Crippen molar-refractivity contribution >= 4 is 15.9 Å². The van der Waals surface area contributed by atoms with Crippen LogP contribution >= 0.6 is 15.9 Å². The average molecular weight is 401 g/mol. The molecule has 0 spiro atoms. The van der Waals surface area contributed by atoms with E-state index in [1.165, 1.54) is 16.7 Å². The molecule has 0 heterocycles. The Labute approximate surface area is 159 Å². The molecule has 0 saturated heterocycles. The van der Waals surface area contributed by atoms with Crippen LogP contribution in [0.25, 0.3) is 0 Å². The number of allylic oxidation sites excluding steroid dienone is 3. The van der Waals surface area contributed by atoms with Gasteiger partial charge in [0, 0.05) is 12.4 Å². The number of halogens is 1. The van der Waals surface area contributed by atoms with Crippen molar-refractivity contribution in [2.75, 3.05) is 19.0 Å². The molecule has 0 saturated carbocycles. The molecule has 3 rings (SSSR count). The minimum atomic E-state index is -0.533. The third-order valence-electron chi connectivity index (χ3n) is 4.81. The van der Waals surface area contributed by atoms with E-state index in [0.29, 0.717) is 6.61 Å². The molecule has 0 aromatic heterocycles. The van der Waals surface area contributed by atoms with Crippen LogP contribution in [0.5, 0.6) is 0 Å². The van der Waals surface area contributed by atoms with Crippen molar-refractivity contribution in [3.05, 3.63) is 83.5 Å². The van der Waals surface area contributed by atoms with E-state index in [2.05, 4.69) is 82.7 Å². The molecule has 0 radical (unpaired) electrons. The molecule has 25 heavy (non-hydrogen) atoms. The summed E-state index contributed by atoms with van der Waals surface area (Å²) in [6.07, 6.45) is 16.3. The second-order valence-electron chi connectivity index (χ2n) is 6.27. The van der Waals surface area contributed by atoms with Gasteiger partial charge >= 0.3 is 0 Å². The third kappa shape index (κ3) is 3.89. The lowest BCUT2D eigenvalue weighted by molar-refractivity contribution is 0.0161. The van der Waals surface area contributed by atoms with E-state index in [0.717, 1.165) is 24.6 Å². The molecular formula is C22H25BrO2. The van der Waals surface area contributed by atoms with Crippen molar-refractivity contribution in [2.24, 2.45) is 0 Å². The molecule has 0 N–H and O–H groups in total. The number of rotatable bonds is 7. The molecule has 3 heteroatoms. The first-order valence-corrected chi connectivity index (χ1v) is 9.96. The summed E-state index contributed by atoms with van der Waals surface area (Å²) in [6, 6.07) is 10.6. The van der Waals surface area contributed by atoms with Gasteiger partial charge in [-0.1, -0.05) is 82.7 Å². The lowest BCUT2D eigenvalue weighted by Gasteiger charge is -2.40. The average Bonchev–Trinajstić information content (AvgIpc) is 2.71. The highest BCUT2D eigenvalue weighted by atomic mass is 79.9. The van der Waals surface area contributed by atoms with Crippen LogP contribution in [0.3, 0.4) is 0 Å². The Morgan fingerprint density at radius 1 is 1.24 bits per heavy atom. The van der Waals surface area contributed by atoms with Gasteiger partial charge in [0.05, 0.1) is 12.7 Å². The summed E-state index contributed by atoms with van der Waals surface area (Å²) in [6.45, 7) is 0.648. The molecule has 0 bridgehead atoms. The van der Waals surface area contributed by atoms with E-state index in [-0.39, 0.29) is 6.10 Å². The number of hydrogen-bond acceptors (Lipinski definition) is 2. The number of alkyl halides is 1. The molecule has 0 aliphatic heterocycles. The first-order valence-electron chi connectivity index (χ1n) is 8.84. The van der Waals surface area contributed by atoms with Gasteiger partial charge in [0.15, 0.2) is 0 Å². The van der Waals surface area contributed by atoms with Crippen molar-refractivity contribution in [1.82, 2.24) is 0 Å². The van der Waals surface area contributed by atoms with Crippen LogP contribution in [-0.4, -0.2) is 25.2 Å². The van der Waals surface area contributed by atoms with Crippen molar-refractivity contribution in [3.63, 3.8) is 0 Å². The molecule has 2 aliphatic rings. The fraction of sp³-hybridized carbons (Fsp3) is 0.364. The lowest BCUT2D eigenvalue weighted by atomic mass is 9.75. The zero-order valence-electron chi connectivity index (χ0n) is 14.7. The summed E-state index contributed by atoms with van der Waals surface area (Å²) >= 11 is 3.53. The summed E-state index contributed by atoms with van der Waals surface area (Å²) in [4.78, 5) is 0. The maximum atomic E-state index is 6.60. The molecule has 1 aromatic rings. The molecule has 132 valence electrons. The Balaban J connectivity index is 2.11. The number of benzene rings is 1. The number of methoxy groups -OCH3 is 1. The Bertz CT molecular complexity index is 687. The van der Waals surface area contributed by atoms with Gasteiger partial charge in [-0.15, -0.1) is 0 Å². The van der Waals surface area contributed by atoms with E-state index >= 15 is 0 Å². The van der Waals surface area contributed by atoms with E-state index in [9.17, 15) is 0 Å². The quantitative estimate of drug-likeness (QED) is 0.564. The van der Waals surface area contributed by atoms with E-state index < -0.39 is 5.60 Å². The monoisotopic (exact) mass is 400 g/mol. The fourth-order valence-corrected chi connectivity index (χ4v) is 3.76. The molecule has 2 atom stereocenters. The van der Waals surface area contributed by atoms with Crippen molar-refractivity contribution < 1.29 is 9.47 Å². The first-order chi connectivity index (χ1) is 12.3. The largest absolute Gasteiger partial charge is 0.377 e. The zero-order chi connectivity index (χ0) is 17.5. The molecule has 2 aliphatic carbocycles. The van der Waals surface area contributed by atoms with Gasteiger partial charge in [-0.05, 0) is 36.0 Å². The Hall–Kier alpha value is -1.42. The van der Waals surface area contributed by atoms with Crippen LogP contribution in [0.1, 0.15) is 24.8 Å². The Kier molecular flexibility index (Phi) is 6.46. The van der Waals surface area contributed by atoms with Crippen LogP contribution in [0.15, 0.2) is 77.9 Å². The molecule has 1 unspecified atom stereocenters. The van der Waals surface area contributed by atoms with Crippen molar-refractivity contribution in [2.45, 2.75) is 31.0 Å². The van der Waals surface area contributed by atoms with Gasteiger partial charge in [-0.3, -0.25) is 0 Å². The fourth-order valence-electron chi connectivity index (χ4n) is 3.59. The van der Waals surface area contributed by atoms with Gasteiger partial charge < -0.3 is 9.47 Å². The highest BCUT2D eigenvalue weighted by molar-refractivity contribution is 9.09. The molecule has 0 amide bonds. The first kappa shape index (κ1) is 18.4. The topological polar surface area (TPSA) is 18.5 Å². The molecule has 0 fully saturated rings. The SMILES string of the molecule is CO[C@@H]1C=CC(C(OCCBr)(C2=CC=CCC2)c2ccccc2)=CC1. The van der Waals surface area contributed by atoms with Gasteiger partial charge in [0.25, 0.3) is 0 Å². The van der Waals surface area contributed by atoms with Gasteiger partial charge in [-0.2, -0.15) is 0 Å². The van der Waals surface area contributed by atoms with Crippen LogP contribution in [0.2, 0.25) is 0 Å². The second kappa shape index (κ2) is 8.79. The van der Waals surface area contributed by atoms with Gasteiger partial charge in [-0.25, -0.2) is 0 Å². The van der Waals surface area contributed by atoms with E-state index in [1.54, 1.807) is 7.11 Å². The highest BCUT2D eigenvalue weighted by Crippen LogP contribution is 2.45. The van der Waals surface area contributed by atoms with Crippen LogP contribution in [0, 0.1) is 0 Å². The van der Waals surface area contributed by atoms with Crippen LogP contribution in [-0.2, 0) is 15.1 Å². The minimum absolute atomic E-state index is 0.147. The highest BCUT2D eigenvalue weighted by Gasteiger charge is 2.40. The van der Waals surface area contributed by atoms with E-state index in [4.69, 9.17) is 9.47 Å². The number of hydrogen-bond donors (Lipinski definition) is 0. The smallest absolute Gasteiger partial charge is 0.139 e. The van der Waals surface area contributed by atoms with Crippen molar-refractivity contribution in [3.8, 4) is 0 Å². The predicted octanol–water partition coefficient (Wildman–Crippen LogP) is 5.47. The van der Waals surface area contributed by atoms with Gasteiger partial charge in [0.2, 0.25) is 0 Å². The van der Waals surface area contributed by atoms with E-state index in [1.807, 2.05) is 0 Å². The van der Waals surface area contributed by atoms with Crippen molar-refractivity contribution in [1.29, 1.82) is 0 Å². The summed E-state index contributed by atoms with van der Waals surface area (Å²) < 4.78 is 12.1. The summed E-state index contributed by atoms with van der Waals surface area (Å²) in [5, 5.41) is 0.808. The molecule has 2 nitrogen and oxygen atoms in total. The standard InChI is InChI=1S/C22H25BrO2/c1-24-21-14-12-20(13-15-21)22(25-17-16-23,18-8-4-2-5-9-18)19-10-6-3-7-11-19/h2-6,8-10,12-14,21H,7,11,15-17H2,1H3/t21-,22?/m1/s1. The summed E-state index contributed by atoms with van der Waals surface area (Å²) in [7, 11) is 1.76. The van der Waals surface area contributed by atoms with Gasteiger partial charge in [0.1, 0.15) is 5.60 Å². The normalized spacial score (nSPS) is 22.2. The molecule has 1 aromatic carbocycles. The third-order valence-corrected chi connectivity index (χ3v) is 5.14. The van der Waals surface area contributed by atoms with Crippen LogP contribution < -0.4 is 0 Å². The summed E-state index contributed by atoms with van der Waals surface area (Å²) in [5.41, 5.74) is 3.17. The maximum absolute atomic E-state index is 6.60. The summed E-state index contributed by atoms with van der Waals surface area (Å²) in [5.74, 6) is 0. The zero-order valence-corrected chi connectivity index (χ0v) is 16.2. The molecular weight excluding hydrogens is 376 g/mol. The predicted molar refractivity (Wildman–Crippen MR) is 107 cm³/mol. The van der Waals surface area contributed by atoms with Crippen LogP contribution in [0.4, 0.5) is 0 Å². The second-order valence-corrected chi connectivity index (χ2v) is 7.06. The Morgan fingerprint density at radius 2 is 2.08 bits per heavy atom. The Morgan fingerprint density at radius 3 is 2.68 bits per heavy atom.